The van der Waals surface area contributed by atoms with Crippen LogP contribution in [0.1, 0.15) is 72.2 Å². The Labute approximate surface area is 365 Å². The van der Waals surface area contributed by atoms with E-state index in [0.29, 0.717) is 0 Å². The molecular weight excluding hydrogens is 747 g/mol. The van der Waals surface area contributed by atoms with Gasteiger partial charge in [-0.1, -0.05) is 204 Å². The van der Waals surface area contributed by atoms with Crippen molar-refractivity contribution in [2.45, 2.75) is 43.9 Å². The summed E-state index contributed by atoms with van der Waals surface area (Å²) < 4.78 is 0. The quantitative estimate of drug-likeness (QED) is 0.168. The third kappa shape index (κ3) is 5.03. The SMILES string of the molecule is CC1(C)c2ccccc2-c2ccc(N(c3ccc(-c4ccccc4)cc3)c3cccc(-c4cccc5c4-c4ccccc4C54c5ccccc5C(C)(C)c5ccccc54)c3)cc21. The van der Waals surface area contributed by atoms with E-state index in [2.05, 4.69) is 245 Å². The minimum atomic E-state index is -0.441. The van der Waals surface area contributed by atoms with Crippen molar-refractivity contribution in [1.82, 2.24) is 0 Å². The molecule has 0 saturated carbocycles. The molecule has 12 rings (SSSR count). The number of hydrogen-bond acceptors (Lipinski definition) is 1. The molecule has 3 aliphatic rings. The molecule has 9 aromatic carbocycles. The molecule has 0 saturated heterocycles. The zero-order valence-electron chi connectivity index (χ0n) is 35.7. The zero-order valence-corrected chi connectivity index (χ0v) is 35.7. The van der Waals surface area contributed by atoms with Gasteiger partial charge in [-0.25, -0.2) is 0 Å². The molecule has 0 unspecified atom stereocenters. The summed E-state index contributed by atoms with van der Waals surface area (Å²) in [6.07, 6.45) is 0. The fraction of sp³-hybridized carbons (Fsp3) is 0.115. The Morgan fingerprint density at radius 1 is 0.274 bits per heavy atom. The van der Waals surface area contributed by atoms with Gasteiger partial charge >= 0.3 is 0 Å². The van der Waals surface area contributed by atoms with Gasteiger partial charge in [-0.05, 0) is 125 Å². The maximum absolute atomic E-state index is 2.45. The van der Waals surface area contributed by atoms with Gasteiger partial charge in [0.2, 0.25) is 0 Å². The molecule has 1 spiro atoms. The monoisotopic (exact) mass is 793 g/mol. The highest BCUT2D eigenvalue weighted by Crippen LogP contribution is 2.63. The van der Waals surface area contributed by atoms with Gasteiger partial charge in [-0.2, -0.15) is 0 Å². The molecule has 0 radical (unpaired) electrons. The van der Waals surface area contributed by atoms with Crippen LogP contribution in [0.3, 0.4) is 0 Å². The van der Waals surface area contributed by atoms with Crippen molar-refractivity contribution in [3.63, 3.8) is 0 Å². The number of hydrogen-bond donors (Lipinski definition) is 0. The fourth-order valence-electron chi connectivity index (χ4n) is 11.7. The predicted octanol–water partition coefficient (Wildman–Crippen LogP) is 15.8. The van der Waals surface area contributed by atoms with E-state index >= 15 is 0 Å². The summed E-state index contributed by atoms with van der Waals surface area (Å²) in [6.45, 7) is 9.52. The first kappa shape index (κ1) is 36.6. The Morgan fingerprint density at radius 3 is 1.45 bits per heavy atom. The van der Waals surface area contributed by atoms with Crippen LogP contribution in [-0.2, 0) is 16.2 Å². The molecule has 0 heterocycles. The first-order valence-corrected chi connectivity index (χ1v) is 22.0. The molecule has 62 heavy (non-hydrogen) atoms. The highest BCUT2D eigenvalue weighted by molar-refractivity contribution is 5.97. The Bertz CT molecular complexity index is 3190. The molecule has 296 valence electrons. The lowest BCUT2D eigenvalue weighted by Crippen LogP contribution is -2.40. The van der Waals surface area contributed by atoms with E-state index < -0.39 is 5.41 Å². The molecule has 1 nitrogen and oxygen atoms in total. The minimum absolute atomic E-state index is 0.119. The first-order chi connectivity index (χ1) is 30.3. The number of fused-ring (bicyclic) bond motifs is 12. The number of anilines is 3. The Balaban J connectivity index is 1.06. The standard InChI is InChI=1S/C61H47N/c1-59(2)50-25-10-8-22-47(50)48-37-36-45(39-57(48)59)62(43-34-32-41(33-35-43)40-18-6-5-7-19-40)44-21-16-20-42(38-44)46-24-17-31-56-58(46)49-23-9-11-26-51(49)61(56)54-29-14-12-27-52(54)60(3,4)53-28-13-15-30-55(53)61/h5-39H,1-4H3. The molecule has 9 aromatic rings. The van der Waals surface area contributed by atoms with Crippen molar-refractivity contribution >= 4 is 17.1 Å². The molecule has 1 heteroatoms. The van der Waals surface area contributed by atoms with Crippen LogP contribution in [0, 0.1) is 0 Å². The van der Waals surface area contributed by atoms with Crippen LogP contribution >= 0.6 is 0 Å². The molecule has 0 atom stereocenters. The van der Waals surface area contributed by atoms with Gasteiger partial charge in [0.1, 0.15) is 0 Å². The summed E-state index contributed by atoms with van der Waals surface area (Å²) >= 11 is 0. The smallest absolute Gasteiger partial charge is 0.0719 e. The van der Waals surface area contributed by atoms with Gasteiger partial charge in [0.25, 0.3) is 0 Å². The summed E-state index contributed by atoms with van der Waals surface area (Å²) in [5, 5.41) is 0. The third-order valence-corrected chi connectivity index (χ3v) is 14.6. The Hall–Kier alpha value is -7.22. The summed E-state index contributed by atoms with van der Waals surface area (Å²) in [6, 6.07) is 79.6. The van der Waals surface area contributed by atoms with E-state index in [1.807, 2.05) is 0 Å². The van der Waals surface area contributed by atoms with Gasteiger partial charge in [0.05, 0.1) is 5.41 Å². The maximum atomic E-state index is 2.45. The second kappa shape index (κ2) is 13.4. The van der Waals surface area contributed by atoms with E-state index in [0.717, 1.165) is 17.1 Å². The first-order valence-electron chi connectivity index (χ1n) is 22.0. The van der Waals surface area contributed by atoms with E-state index in [1.54, 1.807) is 0 Å². The third-order valence-electron chi connectivity index (χ3n) is 14.6. The predicted molar refractivity (Wildman–Crippen MR) is 259 cm³/mol. The zero-order chi connectivity index (χ0) is 41.8. The molecule has 3 aliphatic carbocycles. The van der Waals surface area contributed by atoms with Crippen molar-refractivity contribution in [1.29, 1.82) is 0 Å². The summed E-state index contributed by atoms with van der Waals surface area (Å²) in [4.78, 5) is 2.45. The summed E-state index contributed by atoms with van der Waals surface area (Å²) in [7, 11) is 0. The molecular formula is C61H47N. The number of benzene rings is 9. The van der Waals surface area contributed by atoms with Crippen LogP contribution < -0.4 is 4.90 Å². The minimum Gasteiger partial charge on any atom is -0.310 e. The highest BCUT2D eigenvalue weighted by atomic mass is 15.1. The molecule has 0 N–H and O–H groups in total. The van der Waals surface area contributed by atoms with Crippen molar-refractivity contribution in [3.05, 3.63) is 257 Å². The Kier molecular flexibility index (Phi) is 7.91. The summed E-state index contributed by atoms with van der Waals surface area (Å²) in [5.41, 5.74) is 23.8. The molecule has 0 amide bonds. The van der Waals surface area contributed by atoms with Crippen LogP contribution in [0.2, 0.25) is 0 Å². The van der Waals surface area contributed by atoms with Gasteiger partial charge < -0.3 is 4.90 Å². The second-order valence-corrected chi connectivity index (χ2v) is 18.4. The normalized spacial score (nSPS) is 15.2. The molecule has 0 fully saturated rings. The van der Waals surface area contributed by atoms with E-state index in [-0.39, 0.29) is 10.8 Å². The van der Waals surface area contributed by atoms with Crippen molar-refractivity contribution < 1.29 is 0 Å². The largest absolute Gasteiger partial charge is 0.310 e. The lowest BCUT2D eigenvalue weighted by molar-refractivity contribution is 0.563. The van der Waals surface area contributed by atoms with Crippen LogP contribution in [0.25, 0.3) is 44.5 Å². The van der Waals surface area contributed by atoms with Crippen molar-refractivity contribution in [2.75, 3.05) is 4.90 Å². The fourth-order valence-corrected chi connectivity index (χ4v) is 11.7. The average Bonchev–Trinajstić information content (AvgIpc) is 3.75. The van der Waals surface area contributed by atoms with E-state index in [1.165, 1.54) is 89.0 Å². The topological polar surface area (TPSA) is 3.24 Å². The number of rotatable bonds is 5. The molecule has 0 aromatic heterocycles. The van der Waals surface area contributed by atoms with Crippen LogP contribution in [0.5, 0.6) is 0 Å². The molecule has 0 bridgehead atoms. The average molecular weight is 794 g/mol. The van der Waals surface area contributed by atoms with Crippen LogP contribution in [0.4, 0.5) is 17.1 Å². The summed E-state index contributed by atoms with van der Waals surface area (Å²) in [5.74, 6) is 0. The van der Waals surface area contributed by atoms with Crippen LogP contribution in [-0.4, -0.2) is 0 Å². The lowest BCUT2D eigenvalue weighted by Gasteiger charge is -2.46. The van der Waals surface area contributed by atoms with Gasteiger partial charge in [0.15, 0.2) is 0 Å². The van der Waals surface area contributed by atoms with E-state index in [4.69, 9.17) is 0 Å². The van der Waals surface area contributed by atoms with Crippen molar-refractivity contribution in [3.8, 4) is 44.5 Å². The van der Waals surface area contributed by atoms with Crippen molar-refractivity contribution in [2.24, 2.45) is 0 Å². The maximum Gasteiger partial charge on any atom is 0.0719 e. The Morgan fingerprint density at radius 2 is 0.742 bits per heavy atom. The van der Waals surface area contributed by atoms with E-state index in [9.17, 15) is 0 Å². The van der Waals surface area contributed by atoms with Crippen LogP contribution in [0.15, 0.2) is 212 Å². The number of nitrogens with zero attached hydrogens (tertiary/aromatic N) is 1. The van der Waals surface area contributed by atoms with Gasteiger partial charge in [0, 0.05) is 27.9 Å². The van der Waals surface area contributed by atoms with Gasteiger partial charge in [-0.3, -0.25) is 0 Å². The lowest BCUT2D eigenvalue weighted by atomic mass is 9.55. The highest BCUT2D eigenvalue weighted by Gasteiger charge is 2.53. The van der Waals surface area contributed by atoms with Gasteiger partial charge in [-0.15, -0.1) is 0 Å². The molecule has 0 aliphatic heterocycles. The second-order valence-electron chi connectivity index (χ2n) is 18.4.